The largest absolute Gasteiger partial charge is 0.489 e. The van der Waals surface area contributed by atoms with Crippen LogP contribution in [0, 0.1) is 13.8 Å². The highest BCUT2D eigenvalue weighted by Crippen LogP contribution is 2.15. The molecule has 0 aliphatic heterocycles. The fourth-order valence-corrected chi connectivity index (χ4v) is 2.29. The number of hydrogen-bond acceptors (Lipinski definition) is 2. The molecular formula is C20H25NO. The summed E-state index contributed by atoms with van der Waals surface area (Å²) >= 11 is 0. The first-order valence-electron chi connectivity index (χ1n) is 7.90. The van der Waals surface area contributed by atoms with E-state index in [0.29, 0.717) is 12.6 Å². The number of nitrogens with zero attached hydrogens (tertiary/aromatic N) is 1. The third kappa shape index (κ3) is 5.03. The van der Waals surface area contributed by atoms with Crippen molar-refractivity contribution in [2.75, 3.05) is 0 Å². The van der Waals surface area contributed by atoms with Gasteiger partial charge >= 0.3 is 0 Å². The Morgan fingerprint density at radius 3 is 2.27 bits per heavy atom. The van der Waals surface area contributed by atoms with E-state index in [1.807, 2.05) is 30.5 Å². The molecule has 22 heavy (non-hydrogen) atoms. The van der Waals surface area contributed by atoms with E-state index in [1.165, 1.54) is 16.7 Å². The molecular weight excluding hydrogens is 270 g/mol. The Bertz CT molecular complexity index is 608. The van der Waals surface area contributed by atoms with Gasteiger partial charge in [-0.3, -0.25) is 4.99 Å². The second kappa shape index (κ2) is 7.79. The average Bonchev–Trinajstić information content (AvgIpc) is 2.50. The van der Waals surface area contributed by atoms with Crippen molar-refractivity contribution in [3.8, 4) is 5.75 Å². The first kappa shape index (κ1) is 16.3. The summed E-state index contributed by atoms with van der Waals surface area (Å²) in [5.74, 6) is 0.889. The summed E-state index contributed by atoms with van der Waals surface area (Å²) in [6, 6.07) is 15.0. The first-order valence-corrected chi connectivity index (χ1v) is 7.90. The van der Waals surface area contributed by atoms with Crippen LogP contribution in [-0.4, -0.2) is 12.3 Å². The predicted molar refractivity (Wildman–Crippen MR) is 94.0 cm³/mol. The van der Waals surface area contributed by atoms with E-state index in [9.17, 15) is 0 Å². The zero-order chi connectivity index (χ0) is 15.9. The Balaban J connectivity index is 1.95. The van der Waals surface area contributed by atoms with Crippen molar-refractivity contribution in [1.82, 2.24) is 0 Å². The Morgan fingerprint density at radius 2 is 1.68 bits per heavy atom. The van der Waals surface area contributed by atoms with Crippen molar-refractivity contribution in [3.05, 3.63) is 64.7 Å². The average molecular weight is 295 g/mol. The zero-order valence-electron chi connectivity index (χ0n) is 14.0. The van der Waals surface area contributed by atoms with Crippen LogP contribution in [0.4, 0.5) is 0 Å². The van der Waals surface area contributed by atoms with Gasteiger partial charge < -0.3 is 4.74 Å². The van der Waals surface area contributed by atoms with Gasteiger partial charge in [-0.15, -0.1) is 0 Å². The van der Waals surface area contributed by atoms with E-state index in [2.05, 4.69) is 50.9 Å². The molecule has 0 aromatic heterocycles. The second-order valence-electron chi connectivity index (χ2n) is 5.89. The van der Waals surface area contributed by atoms with E-state index >= 15 is 0 Å². The Hall–Kier alpha value is -2.09. The predicted octanol–water partition coefficient (Wildman–Crippen LogP) is 5.10. The minimum Gasteiger partial charge on any atom is -0.489 e. The second-order valence-corrected chi connectivity index (χ2v) is 5.89. The highest BCUT2D eigenvalue weighted by Gasteiger charge is 1.99. The first-order chi connectivity index (χ1) is 10.6. The minimum atomic E-state index is 0.375. The molecule has 116 valence electrons. The van der Waals surface area contributed by atoms with Crippen LogP contribution in [0.5, 0.6) is 5.75 Å². The molecule has 2 rings (SSSR count). The Morgan fingerprint density at radius 1 is 1.05 bits per heavy atom. The smallest absolute Gasteiger partial charge is 0.119 e. The summed E-state index contributed by atoms with van der Waals surface area (Å²) in [4.78, 5) is 4.49. The molecule has 0 fully saturated rings. The Kier molecular flexibility index (Phi) is 5.76. The van der Waals surface area contributed by atoms with Gasteiger partial charge in [0.2, 0.25) is 0 Å². The molecule has 0 aliphatic carbocycles. The quantitative estimate of drug-likeness (QED) is 0.679. The van der Waals surface area contributed by atoms with Gasteiger partial charge in [0.1, 0.15) is 12.4 Å². The highest BCUT2D eigenvalue weighted by molar-refractivity contribution is 5.79. The molecule has 2 aromatic carbocycles. The third-order valence-electron chi connectivity index (χ3n) is 3.64. The van der Waals surface area contributed by atoms with Crippen molar-refractivity contribution in [3.63, 3.8) is 0 Å². The SMILES string of the molecule is CCC(C)N=Cc1ccc(OCc2cc(C)cc(C)c2)cc1. The normalized spacial score (nSPS) is 12.5. The molecule has 0 heterocycles. The molecule has 1 atom stereocenters. The number of benzene rings is 2. The lowest BCUT2D eigenvalue weighted by molar-refractivity contribution is 0.306. The summed E-state index contributed by atoms with van der Waals surface area (Å²) in [6.07, 6.45) is 3.00. The maximum Gasteiger partial charge on any atom is 0.119 e. The van der Waals surface area contributed by atoms with Gasteiger partial charge in [-0.2, -0.15) is 0 Å². The number of aryl methyl sites for hydroxylation is 2. The van der Waals surface area contributed by atoms with E-state index in [1.54, 1.807) is 0 Å². The molecule has 0 saturated carbocycles. The van der Waals surface area contributed by atoms with Gasteiger partial charge in [-0.1, -0.05) is 36.2 Å². The van der Waals surface area contributed by atoms with Crippen molar-refractivity contribution in [1.29, 1.82) is 0 Å². The molecule has 1 unspecified atom stereocenters. The van der Waals surface area contributed by atoms with Crippen LogP contribution >= 0.6 is 0 Å². The highest BCUT2D eigenvalue weighted by atomic mass is 16.5. The van der Waals surface area contributed by atoms with Crippen LogP contribution in [0.15, 0.2) is 47.5 Å². The van der Waals surface area contributed by atoms with Crippen molar-refractivity contribution in [2.24, 2.45) is 4.99 Å². The zero-order valence-corrected chi connectivity index (χ0v) is 14.0. The molecule has 0 amide bonds. The van der Waals surface area contributed by atoms with Crippen LogP contribution in [0.2, 0.25) is 0 Å². The lowest BCUT2D eigenvalue weighted by Gasteiger charge is -2.08. The molecule has 0 N–H and O–H groups in total. The lowest BCUT2D eigenvalue weighted by Crippen LogP contribution is -1.97. The van der Waals surface area contributed by atoms with Gasteiger partial charge in [0.25, 0.3) is 0 Å². The van der Waals surface area contributed by atoms with E-state index in [4.69, 9.17) is 4.74 Å². The molecule has 0 aliphatic rings. The number of rotatable bonds is 6. The van der Waals surface area contributed by atoms with Crippen LogP contribution in [0.3, 0.4) is 0 Å². The molecule has 2 nitrogen and oxygen atoms in total. The van der Waals surface area contributed by atoms with Crippen molar-refractivity contribution in [2.45, 2.75) is 46.8 Å². The van der Waals surface area contributed by atoms with Crippen molar-refractivity contribution < 1.29 is 4.74 Å². The van der Waals surface area contributed by atoms with Gasteiger partial charge in [0.05, 0.1) is 0 Å². The summed E-state index contributed by atoms with van der Waals surface area (Å²) < 4.78 is 5.86. The standard InChI is InChI=1S/C20H25NO/c1-5-17(4)21-13-18-6-8-20(9-7-18)22-14-19-11-15(2)10-16(3)12-19/h6-13,17H,5,14H2,1-4H3. The Labute approximate surface area is 133 Å². The van der Waals surface area contributed by atoms with Gasteiger partial charge in [-0.05, 0) is 62.6 Å². The van der Waals surface area contributed by atoms with Crippen LogP contribution in [-0.2, 0) is 6.61 Å². The van der Waals surface area contributed by atoms with E-state index in [-0.39, 0.29) is 0 Å². The molecule has 2 aromatic rings. The summed E-state index contributed by atoms with van der Waals surface area (Å²) in [5.41, 5.74) is 4.87. The molecule has 0 spiro atoms. The number of ether oxygens (including phenoxy) is 1. The number of hydrogen-bond donors (Lipinski definition) is 0. The monoisotopic (exact) mass is 295 g/mol. The fourth-order valence-electron chi connectivity index (χ4n) is 2.29. The summed E-state index contributed by atoms with van der Waals surface area (Å²) in [6.45, 7) is 9.09. The summed E-state index contributed by atoms with van der Waals surface area (Å²) in [5, 5.41) is 0. The van der Waals surface area contributed by atoms with Crippen LogP contribution in [0.1, 0.15) is 42.5 Å². The fraction of sp³-hybridized carbons (Fsp3) is 0.350. The minimum absolute atomic E-state index is 0.375. The maximum absolute atomic E-state index is 5.86. The molecule has 0 radical (unpaired) electrons. The molecule has 2 heteroatoms. The van der Waals surface area contributed by atoms with Gasteiger partial charge in [-0.25, -0.2) is 0 Å². The maximum atomic E-state index is 5.86. The van der Waals surface area contributed by atoms with E-state index in [0.717, 1.165) is 17.7 Å². The van der Waals surface area contributed by atoms with Crippen LogP contribution in [0.25, 0.3) is 0 Å². The van der Waals surface area contributed by atoms with Gasteiger partial charge in [0.15, 0.2) is 0 Å². The summed E-state index contributed by atoms with van der Waals surface area (Å²) in [7, 11) is 0. The van der Waals surface area contributed by atoms with Crippen LogP contribution < -0.4 is 4.74 Å². The topological polar surface area (TPSA) is 21.6 Å². The van der Waals surface area contributed by atoms with Gasteiger partial charge in [0, 0.05) is 12.3 Å². The molecule has 0 bridgehead atoms. The molecule has 0 saturated heterocycles. The van der Waals surface area contributed by atoms with E-state index < -0.39 is 0 Å². The lowest BCUT2D eigenvalue weighted by atomic mass is 10.1. The third-order valence-corrected chi connectivity index (χ3v) is 3.64. The number of aliphatic imine (C=N–C) groups is 1. The van der Waals surface area contributed by atoms with Crippen molar-refractivity contribution >= 4 is 6.21 Å².